The van der Waals surface area contributed by atoms with Crippen LogP contribution in [0.3, 0.4) is 0 Å². The predicted octanol–water partition coefficient (Wildman–Crippen LogP) is 3.20. The molecule has 2 aromatic rings. The highest BCUT2D eigenvalue weighted by Gasteiger charge is 2.24. The van der Waals surface area contributed by atoms with Crippen molar-refractivity contribution >= 4 is 29.2 Å². The van der Waals surface area contributed by atoms with E-state index in [0.29, 0.717) is 24.5 Å². The van der Waals surface area contributed by atoms with Crippen LogP contribution in [0.5, 0.6) is 5.75 Å². The van der Waals surface area contributed by atoms with Crippen molar-refractivity contribution in [3.05, 3.63) is 62.7 Å². The molecule has 0 atom stereocenters. The standard InChI is InChI=1S/C15H13N3O6/c1-2-24-13-6-3-11(4-7-13)16(10-19)14-8-5-12(17(20)21)9-15(14)18(22)23/h3-10H,2H2,1H3. The van der Waals surface area contributed by atoms with E-state index < -0.39 is 21.2 Å². The Morgan fingerprint density at radius 1 is 1.08 bits per heavy atom. The Labute approximate surface area is 136 Å². The van der Waals surface area contributed by atoms with Crippen LogP contribution in [0.15, 0.2) is 42.5 Å². The third-order valence-corrected chi connectivity index (χ3v) is 3.16. The van der Waals surface area contributed by atoms with Crippen LogP contribution in [-0.2, 0) is 4.79 Å². The monoisotopic (exact) mass is 331 g/mol. The van der Waals surface area contributed by atoms with Gasteiger partial charge in [0.1, 0.15) is 11.4 Å². The molecule has 0 fully saturated rings. The van der Waals surface area contributed by atoms with Crippen molar-refractivity contribution in [1.29, 1.82) is 0 Å². The van der Waals surface area contributed by atoms with E-state index in [1.54, 1.807) is 24.3 Å². The molecule has 24 heavy (non-hydrogen) atoms. The highest BCUT2D eigenvalue weighted by molar-refractivity contribution is 5.90. The Kier molecular flexibility index (Phi) is 5.05. The van der Waals surface area contributed by atoms with Crippen LogP contribution in [0, 0.1) is 20.2 Å². The molecular weight excluding hydrogens is 318 g/mol. The van der Waals surface area contributed by atoms with Gasteiger partial charge in [-0.25, -0.2) is 0 Å². The van der Waals surface area contributed by atoms with Gasteiger partial charge in [-0.2, -0.15) is 0 Å². The first-order chi connectivity index (χ1) is 11.5. The zero-order chi connectivity index (χ0) is 17.7. The number of rotatable bonds is 7. The fourth-order valence-corrected chi connectivity index (χ4v) is 2.10. The molecule has 0 bridgehead atoms. The summed E-state index contributed by atoms with van der Waals surface area (Å²) < 4.78 is 5.29. The van der Waals surface area contributed by atoms with Gasteiger partial charge in [-0.15, -0.1) is 0 Å². The predicted molar refractivity (Wildman–Crippen MR) is 85.6 cm³/mol. The summed E-state index contributed by atoms with van der Waals surface area (Å²) in [5.41, 5.74) is -0.664. The van der Waals surface area contributed by atoms with Crippen LogP contribution in [0.25, 0.3) is 0 Å². The van der Waals surface area contributed by atoms with Crippen molar-refractivity contribution in [2.24, 2.45) is 0 Å². The second-order valence-corrected chi connectivity index (χ2v) is 4.59. The third kappa shape index (κ3) is 3.46. The minimum atomic E-state index is -0.770. The smallest absolute Gasteiger partial charge is 0.300 e. The topological polar surface area (TPSA) is 116 Å². The van der Waals surface area contributed by atoms with Gasteiger partial charge in [-0.05, 0) is 37.3 Å². The molecular formula is C15H13N3O6. The normalized spacial score (nSPS) is 10.0. The summed E-state index contributed by atoms with van der Waals surface area (Å²) in [5.74, 6) is 0.588. The number of anilines is 2. The number of benzene rings is 2. The molecule has 0 aromatic heterocycles. The quantitative estimate of drug-likeness (QED) is 0.437. The molecule has 0 radical (unpaired) electrons. The summed E-state index contributed by atoms with van der Waals surface area (Å²) in [5, 5.41) is 22.0. The maximum Gasteiger partial charge on any atom is 0.300 e. The van der Waals surface area contributed by atoms with E-state index in [1.807, 2.05) is 6.92 Å². The van der Waals surface area contributed by atoms with Crippen LogP contribution in [0.2, 0.25) is 0 Å². The van der Waals surface area contributed by atoms with E-state index >= 15 is 0 Å². The van der Waals surface area contributed by atoms with Gasteiger partial charge < -0.3 is 4.74 Å². The highest BCUT2D eigenvalue weighted by atomic mass is 16.6. The molecule has 124 valence electrons. The molecule has 9 heteroatoms. The Balaban J connectivity index is 2.48. The molecule has 0 spiro atoms. The number of non-ortho nitro benzene ring substituents is 1. The maximum atomic E-state index is 11.4. The SMILES string of the molecule is CCOc1ccc(N(C=O)c2ccc([N+](=O)[O-])cc2[N+](=O)[O-])cc1. The molecule has 0 saturated carbocycles. The number of hydrogen-bond donors (Lipinski definition) is 0. The first-order valence-corrected chi connectivity index (χ1v) is 6.88. The summed E-state index contributed by atoms with van der Waals surface area (Å²) in [6.07, 6.45) is 0.407. The molecule has 9 nitrogen and oxygen atoms in total. The molecule has 0 heterocycles. The van der Waals surface area contributed by atoms with Crippen LogP contribution >= 0.6 is 0 Å². The summed E-state index contributed by atoms with van der Waals surface area (Å²) in [6, 6.07) is 9.45. The lowest BCUT2D eigenvalue weighted by atomic mass is 10.2. The lowest BCUT2D eigenvalue weighted by Crippen LogP contribution is -2.15. The van der Waals surface area contributed by atoms with Gasteiger partial charge in [-0.3, -0.25) is 29.9 Å². The van der Waals surface area contributed by atoms with Gasteiger partial charge in [0.2, 0.25) is 6.41 Å². The van der Waals surface area contributed by atoms with Crippen LogP contribution in [-0.4, -0.2) is 22.9 Å². The number of nitro benzene ring substituents is 2. The lowest BCUT2D eigenvalue weighted by Gasteiger charge is -2.17. The first kappa shape index (κ1) is 16.9. The number of nitro groups is 2. The minimum Gasteiger partial charge on any atom is -0.494 e. The molecule has 0 aliphatic rings. The van der Waals surface area contributed by atoms with E-state index in [0.717, 1.165) is 17.0 Å². The number of hydrogen-bond acceptors (Lipinski definition) is 6. The molecule has 0 saturated heterocycles. The van der Waals surface area contributed by atoms with Crippen molar-refractivity contribution in [2.75, 3.05) is 11.5 Å². The number of carbonyl (C=O) groups is 1. The summed E-state index contributed by atoms with van der Waals surface area (Å²) >= 11 is 0. The Morgan fingerprint density at radius 2 is 1.75 bits per heavy atom. The van der Waals surface area contributed by atoms with Gasteiger partial charge in [-0.1, -0.05) is 0 Å². The van der Waals surface area contributed by atoms with E-state index in [4.69, 9.17) is 4.74 Å². The summed E-state index contributed by atoms with van der Waals surface area (Å²) in [6.45, 7) is 2.30. The van der Waals surface area contributed by atoms with Crippen molar-refractivity contribution in [1.82, 2.24) is 0 Å². The van der Waals surface area contributed by atoms with E-state index in [-0.39, 0.29) is 5.69 Å². The molecule has 2 aromatic carbocycles. The second kappa shape index (κ2) is 7.18. The lowest BCUT2D eigenvalue weighted by molar-refractivity contribution is -0.393. The Bertz CT molecular complexity index is 775. The zero-order valence-corrected chi connectivity index (χ0v) is 12.6. The van der Waals surface area contributed by atoms with Crippen LogP contribution in [0.4, 0.5) is 22.7 Å². The molecule has 0 aliphatic carbocycles. The van der Waals surface area contributed by atoms with E-state index in [1.165, 1.54) is 6.07 Å². The average molecular weight is 331 g/mol. The number of ether oxygens (including phenoxy) is 1. The molecule has 0 aliphatic heterocycles. The van der Waals surface area contributed by atoms with E-state index in [9.17, 15) is 25.0 Å². The van der Waals surface area contributed by atoms with Gasteiger partial charge in [0.15, 0.2) is 0 Å². The Morgan fingerprint density at radius 3 is 2.25 bits per heavy atom. The second-order valence-electron chi connectivity index (χ2n) is 4.59. The fourth-order valence-electron chi connectivity index (χ4n) is 2.10. The highest BCUT2D eigenvalue weighted by Crippen LogP contribution is 2.35. The molecule has 2 rings (SSSR count). The van der Waals surface area contributed by atoms with Crippen molar-refractivity contribution in [3.8, 4) is 5.75 Å². The average Bonchev–Trinajstić information content (AvgIpc) is 2.57. The Hall–Kier alpha value is -3.49. The van der Waals surface area contributed by atoms with Crippen molar-refractivity contribution < 1.29 is 19.4 Å². The molecule has 0 unspecified atom stereocenters. The number of amides is 1. The molecule has 1 amide bonds. The van der Waals surface area contributed by atoms with Crippen LogP contribution < -0.4 is 9.64 Å². The summed E-state index contributed by atoms with van der Waals surface area (Å²) in [7, 11) is 0. The van der Waals surface area contributed by atoms with E-state index in [2.05, 4.69) is 0 Å². The number of carbonyl (C=O) groups excluding carboxylic acids is 1. The van der Waals surface area contributed by atoms with Crippen LogP contribution in [0.1, 0.15) is 6.92 Å². The van der Waals surface area contributed by atoms with Gasteiger partial charge >= 0.3 is 0 Å². The fraction of sp³-hybridized carbons (Fsp3) is 0.133. The van der Waals surface area contributed by atoms with Crippen molar-refractivity contribution in [2.45, 2.75) is 6.92 Å². The van der Waals surface area contributed by atoms with Crippen molar-refractivity contribution in [3.63, 3.8) is 0 Å². The zero-order valence-electron chi connectivity index (χ0n) is 12.6. The number of nitrogens with zero attached hydrogens (tertiary/aromatic N) is 3. The van der Waals surface area contributed by atoms with Gasteiger partial charge in [0.05, 0.1) is 22.5 Å². The maximum absolute atomic E-state index is 11.4. The summed E-state index contributed by atoms with van der Waals surface area (Å²) in [4.78, 5) is 33.0. The third-order valence-electron chi connectivity index (χ3n) is 3.16. The first-order valence-electron chi connectivity index (χ1n) is 6.88. The molecule has 0 N–H and O–H groups in total. The van der Waals surface area contributed by atoms with Gasteiger partial charge in [0, 0.05) is 11.8 Å². The largest absolute Gasteiger partial charge is 0.494 e. The minimum absolute atomic E-state index is 0.0650. The van der Waals surface area contributed by atoms with Gasteiger partial charge in [0.25, 0.3) is 11.4 Å².